The molecule has 6 nitrogen and oxygen atoms in total. The van der Waals surface area contributed by atoms with Crippen LogP contribution in [0.1, 0.15) is 0 Å². The van der Waals surface area contributed by atoms with Gasteiger partial charge in [-0.25, -0.2) is 0 Å². The molecule has 0 unspecified atom stereocenters. The van der Waals surface area contributed by atoms with Gasteiger partial charge in [-0.3, -0.25) is 15.1 Å². The SMILES string of the molecule is NC/C=C/CNc1ccc2ncccc2c1[N+](=O)[O-]. The van der Waals surface area contributed by atoms with Gasteiger partial charge in [0.15, 0.2) is 0 Å². The molecule has 1 heterocycles. The van der Waals surface area contributed by atoms with Crippen molar-refractivity contribution in [2.24, 2.45) is 5.73 Å². The number of nitrogens with zero attached hydrogens (tertiary/aromatic N) is 2. The second kappa shape index (κ2) is 5.92. The number of hydrogen-bond acceptors (Lipinski definition) is 5. The lowest BCUT2D eigenvalue weighted by Crippen LogP contribution is -2.03. The highest BCUT2D eigenvalue weighted by Gasteiger charge is 2.18. The Morgan fingerprint density at radius 1 is 1.37 bits per heavy atom. The maximum absolute atomic E-state index is 11.2. The molecule has 98 valence electrons. The third-order valence-electron chi connectivity index (χ3n) is 2.65. The van der Waals surface area contributed by atoms with Gasteiger partial charge in [-0.05, 0) is 24.3 Å². The molecule has 0 saturated heterocycles. The Kier molecular flexibility index (Phi) is 4.04. The fourth-order valence-electron chi connectivity index (χ4n) is 1.82. The number of hydrogen-bond donors (Lipinski definition) is 2. The summed E-state index contributed by atoms with van der Waals surface area (Å²) in [5.41, 5.74) is 6.46. The Bertz CT molecular complexity index is 625. The molecule has 0 amide bonds. The van der Waals surface area contributed by atoms with Crippen LogP contribution < -0.4 is 11.1 Å². The lowest BCUT2D eigenvalue weighted by Gasteiger charge is -2.06. The van der Waals surface area contributed by atoms with Crippen molar-refractivity contribution in [2.75, 3.05) is 18.4 Å². The number of pyridine rings is 1. The number of rotatable bonds is 5. The quantitative estimate of drug-likeness (QED) is 0.486. The Morgan fingerprint density at radius 2 is 2.21 bits per heavy atom. The van der Waals surface area contributed by atoms with Crippen LogP contribution in [-0.2, 0) is 0 Å². The largest absolute Gasteiger partial charge is 0.376 e. The predicted octanol–water partition coefficient (Wildman–Crippen LogP) is 2.07. The van der Waals surface area contributed by atoms with Gasteiger partial charge < -0.3 is 11.1 Å². The highest BCUT2D eigenvalue weighted by Crippen LogP contribution is 2.32. The summed E-state index contributed by atoms with van der Waals surface area (Å²) in [5.74, 6) is 0. The number of nitro benzene ring substituents is 1. The fraction of sp³-hybridized carbons (Fsp3) is 0.154. The number of nitrogens with two attached hydrogens (primary N) is 1. The van der Waals surface area contributed by atoms with Gasteiger partial charge >= 0.3 is 5.69 Å². The first kappa shape index (κ1) is 13.0. The van der Waals surface area contributed by atoms with Crippen LogP contribution in [0.2, 0.25) is 0 Å². The minimum Gasteiger partial charge on any atom is -0.376 e. The summed E-state index contributed by atoms with van der Waals surface area (Å²) in [7, 11) is 0. The van der Waals surface area contributed by atoms with Crippen LogP contribution in [0, 0.1) is 10.1 Å². The smallest absolute Gasteiger partial charge is 0.301 e. The van der Waals surface area contributed by atoms with Gasteiger partial charge in [0, 0.05) is 19.3 Å². The summed E-state index contributed by atoms with van der Waals surface area (Å²) in [5, 5.41) is 14.8. The Morgan fingerprint density at radius 3 is 2.95 bits per heavy atom. The third-order valence-corrected chi connectivity index (χ3v) is 2.65. The molecule has 0 saturated carbocycles. The van der Waals surface area contributed by atoms with Crippen LogP contribution in [0.25, 0.3) is 10.9 Å². The lowest BCUT2D eigenvalue weighted by molar-refractivity contribution is -0.382. The molecule has 2 rings (SSSR count). The number of fused-ring (bicyclic) bond motifs is 1. The molecule has 2 aromatic rings. The summed E-state index contributed by atoms with van der Waals surface area (Å²) < 4.78 is 0. The van der Waals surface area contributed by atoms with Gasteiger partial charge in [0.05, 0.1) is 15.8 Å². The molecule has 1 aromatic carbocycles. The van der Waals surface area contributed by atoms with E-state index in [-0.39, 0.29) is 10.6 Å². The highest BCUT2D eigenvalue weighted by molar-refractivity contribution is 5.94. The van der Waals surface area contributed by atoms with E-state index in [9.17, 15) is 10.1 Å². The van der Waals surface area contributed by atoms with E-state index in [2.05, 4.69) is 10.3 Å². The summed E-state index contributed by atoms with van der Waals surface area (Å²) >= 11 is 0. The Labute approximate surface area is 110 Å². The summed E-state index contributed by atoms with van der Waals surface area (Å²) in [6, 6.07) is 6.82. The monoisotopic (exact) mass is 258 g/mol. The van der Waals surface area contributed by atoms with E-state index in [0.29, 0.717) is 29.7 Å². The van der Waals surface area contributed by atoms with Crippen LogP contribution in [0.5, 0.6) is 0 Å². The van der Waals surface area contributed by atoms with Gasteiger partial charge in [-0.1, -0.05) is 12.2 Å². The summed E-state index contributed by atoms with van der Waals surface area (Å²) in [4.78, 5) is 14.9. The zero-order valence-electron chi connectivity index (χ0n) is 10.2. The van der Waals surface area contributed by atoms with Crippen LogP contribution in [-0.4, -0.2) is 23.0 Å². The van der Waals surface area contributed by atoms with Gasteiger partial charge in [0.25, 0.3) is 0 Å². The summed E-state index contributed by atoms with van der Waals surface area (Å²) in [6.07, 6.45) is 5.24. The van der Waals surface area contributed by atoms with Crippen molar-refractivity contribution in [3.05, 3.63) is 52.7 Å². The Balaban J connectivity index is 2.40. The molecule has 0 aliphatic carbocycles. The van der Waals surface area contributed by atoms with Crippen molar-refractivity contribution in [1.82, 2.24) is 4.98 Å². The van der Waals surface area contributed by atoms with Crippen molar-refractivity contribution in [3.63, 3.8) is 0 Å². The number of aromatic nitrogens is 1. The van der Waals surface area contributed by atoms with Crippen molar-refractivity contribution < 1.29 is 4.92 Å². The highest BCUT2D eigenvalue weighted by atomic mass is 16.6. The van der Waals surface area contributed by atoms with Gasteiger partial charge in [-0.2, -0.15) is 0 Å². The normalized spacial score (nSPS) is 11.0. The van der Waals surface area contributed by atoms with E-state index in [1.807, 2.05) is 6.08 Å². The average Bonchev–Trinajstić information content (AvgIpc) is 2.42. The second-order valence-electron chi connectivity index (χ2n) is 3.88. The predicted molar refractivity (Wildman–Crippen MR) is 75.1 cm³/mol. The molecular weight excluding hydrogens is 244 g/mol. The van der Waals surface area contributed by atoms with Crippen molar-refractivity contribution >= 4 is 22.3 Å². The molecule has 3 N–H and O–H groups in total. The van der Waals surface area contributed by atoms with E-state index in [1.165, 1.54) is 0 Å². The first-order valence-corrected chi connectivity index (χ1v) is 5.85. The van der Waals surface area contributed by atoms with E-state index >= 15 is 0 Å². The topological polar surface area (TPSA) is 94.1 Å². The molecular formula is C13H14N4O2. The molecule has 0 atom stereocenters. The Hall–Kier alpha value is -2.47. The number of nitrogens with one attached hydrogen (secondary N) is 1. The second-order valence-corrected chi connectivity index (χ2v) is 3.88. The maximum Gasteiger partial charge on any atom is 0.301 e. The third kappa shape index (κ3) is 2.86. The lowest BCUT2D eigenvalue weighted by atomic mass is 10.1. The van der Waals surface area contributed by atoms with Crippen molar-refractivity contribution in [3.8, 4) is 0 Å². The van der Waals surface area contributed by atoms with E-state index in [0.717, 1.165) is 0 Å². The zero-order chi connectivity index (χ0) is 13.7. The molecule has 0 aliphatic heterocycles. The molecule has 0 bridgehead atoms. The van der Waals surface area contributed by atoms with Gasteiger partial charge in [0.2, 0.25) is 0 Å². The standard InChI is InChI=1S/C13H14N4O2/c14-7-1-2-8-16-12-6-5-11-10(4-3-9-15-11)13(12)17(18)19/h1-6,9,16H,7-8,14H2/b2-1+. The molecule has 0 fully saturated rings. The fourth-order valence-corrected chi connectivity index (χ4v) is 1.82. The van der Waals surface area contributed by atoms with Crippen LogP contribution >= 0.6 is 0 Å². The van der Waals surface area contributed by atoms with E-state index in [1.54, 1.807) is 36.5 Å². The molecule has 19 heavy (non-hydrogen) atoms. The first-order valence-electron chi connectivity index (χ1n) is 5.85. The minimum absolute atomic E-state index is 0.0479. The number of nitro groups is 1. The van der Waals surface area contributed by atoms with Crippen molar-refractivity contribution in [1.29, 1.82) is 0 Å². The van der Waals surface area contributed by atoms with Gasteiger partial charge in [0.1, 0.15) is 5.69 Å². The van der Waals surface area contributed by atoms with Crippen LogP contribution in [0.3, 0.4) is 0 Å². The van der Waals surface area contributed by atoms with E-state index in [4.69, 9.17) is 5.73 Å². The van der Waals surface area contributed by atoms with Crippen LogP contribution in [0.15, 0.2) is 42.6 Å². The first-order chi connectivity index (χ1) is 9.24. The van der Waals surface area contributed by atoms with Crippen molar-refractivity contribution in [2.45, 2.75) is 0 Å². The molecule has 0 aliphatic rings. The number of anilines is 1. The zero-order valence-corrected chi connectivity index (χ0v) is 10.2. The van der Waals surface area contributed by atoms with Crippen LogP contribution in [0.4, 0.5) is 11.4 Å². The number of benzene rings is 1. The van der Waals surface area contributed by atoms with Gasteiger partial charge in [-0.15, -0.1) is 0 Å². The van der Waals surface area contributed by atoms with E-state index < -0.39 is 0 Å². The molecule has 1 aromatic heterocycles. The summed E-state index contributed by atoms with van der Waals surface area (Å²) in [6.45, 7) is 0.940. The average molecular weight is 258 g/mol. The maximum atomic E-state index is 11.2. The minimum atomic E-state index is -0.390. The molecule has 0 spiro atoms. The molecule has 0 radical (unpaired) electrons. The molecule has 6 heteroatoms.